The molecular formula is C24H24FN7O2. The van der Waals surface area contributed by atoms with Crippen LogP contribution in [0, 0.1) is 5.82 Å². The Kier molecular flexibility index (Phi) is 4.84. The monoisotopic (exact) mass is 461 g/mol. The molecule has 4 aromatic heterocycles. The zero-order chi connectivity index (χ0) is 23.4. The van der Waals surface area contributed by atoms with E-state index >= 15 is 4.39 Å². The fourth-order valence-corrected chi connectivity index (χ4v) is 5.58. The second-order valence-corrected chi connectivity index (χ2v) is 9.02. The zero-order valence-electron chi connectivity index (χ0n) is 18.4. The predicted molar refractivity (Wildman–Crippen MR) is 123 cm³/mol. The van der Waals surface area contributed by atoms with Crippen molar-refractivity contribution >= 4 is 17.4 Å². The summed E-state index contributed by atoms with van der Waals surface area (Å²) < 4.78 is 16.7. The van der Waals surface area contributed by atoms with Crippen LogP contribution in [-0.2, 0) is 4.79 Å². The van der Waals surface area contributed by atoms with Gasteiger partial charge in [0.1, 0.15) is 6.61 Å². The van der Waals surface area contributed by atoms with E-state index in [-0.39, 0.29) is 29.7 Å². The Balaban J connectivity index is 1.37. The molecule has 2 fully saturated rings. The summed E-state index contributed by atoms with van der Waals surface area (Å²) in [6.07, 6.45) is 8.10. The van der Waals surface area contributed by atoms with Crippen LogP contribution in [-0.4, -0.2) is 59.2 Å². The Hall–Kier alpha value is -3.79. The van der Waals surface area contributed by atoms with Crippen molar-refractivity contribution in [2.24, 2.45) is 0 Å². The molecule has 2 aliphatic heterocycles. The smallest absolute Gasteiger partial charge is 0.248 e. The van der Waals surface area contributed by atoms with Crippen molar-refractivity contribution in [1.29, 1.82) is 0 Å². The van der Waals surface area contributed by atoms with Crippen molar-refractivity contribution in [2.75, 3.05) is 12.3 Å². The predicted octanol–water partition coefficient (Wildman–Crippen LogP) is 2.74. The van der Waals surface area contributed by atoms with E-state index in [1.807, 2.05) is 30.5 Å². The topological polar surface area (TPSA) is 125 Å². The molecule has 10 heteroatoms. The number of carbonyl (C=O) groups excluding carboxylic acids is 1. The summed E-state index contributed by atoms with van der Waals surface area (Å²) in [7, 11) is 0. The van der Waals surface area contributed by atoms with E-state index in [9.17, 15) is 9.90 Å². The number of nitrogens with two attached hydrogens (primary N) is 1. The van der Waals surface area contributed by atoms with Gasteiger partial charge in [-0.25, -0.2) is 9.37 Å². The maximum absolute atomic E-state index is 15.3. The summed E-state index contributed by atoms with van der Waals surface area (Å²) in [5.74, 6) is -1.07. The van der Waals surface area contributed by atoms with Crippen LogP contribution >= 0.6 is 0 Å². The number of piperidine rings is 1. The third-order valence-corrected chi connectivity index (χ3v) is 7.14. The number of H-pyrrole nitrogens is 1. The molecule has 0 spiro atoms. The van der Waals surface area contributed by atoms with Crippen LogP contribution in [0.1, 0.15) is 37.3 Å². The Morgan fingerprint density at radius 3 is 2.65 bits per heavy atom. The molecule has 6 heterocycles. The highest BCUT2D eigenvalue weighted by atomic mass is 19.1. The third-order valence-electron chi connectivity index (χ3n) is 7.14. The molecule has 34 heavy (non-hydrogen) atoms. The number of carbonyl (C=O) groups is 1. The molecule has 6 rings (SSSR count). The summed E-state index contributed by atoms with van der Waals surface area (Å²) in [6, 6.07) is 7.66. The normalized spacial score (nSPS) is 21.9. The number of rotatable bonds is 4. The SMILES string of the molecule is Nc1c(F)c(C2CC3CCC(C2)N3C(=O)CO)nc2c(-c3ccc(-c4ccc[nH]4)nc3)cnn12. The lowest BCUT2D eigenvalue weighted by Gasteiger charge is -2.38. The second kappa shape index (κ2) is 7.91. The van der Waals surface area contributed by atoms with Crippen LogP contribution in [0.4, 0.5) is 10.2 Å². The van der Waals surface area contributed by atoms with E-state index in [2.05, 4.69) is 15.1 Å². The van der Waals surface area contributed by atoms with Crippen molar-refractivity contribution < 1.29 is 14.3 Å². The van der Waals surface area contributed by atoms with Gasteiger partial charge in [-0.15, -0.1) is 0 Å². The molecule has 2 saturated heterocycles. The Morgan fingerprint density at radius 2 is 2.00 bits per heavy atom. The number of nitrogen functional groups attached to an aromatic ring is 1. The summed E-state index contributed by atoms with van der Waals surface area (Å²) in [6.45, 7) is -0.501. The van der Waals surface area contributed by atoms with E-state index < -0.39 is 12.4 Å². The fourth-order valence-electron chi connectivity index (χ4n) is 5.58. The maximum Gasteiger partial charge on any atom is 0.248 e. The number of amides is 1. The minimum Gasteiger partial charge on any atom is -0.387 e. The summed E-state index contributed by atoms with van der Waals surface area (Å²) in [5, 5.41) is 13.6. The molecule has 0 radical (unpaired) electrons. The lowest BCUT2D eigenvalue weighted by molar-refractivity contribution is -0.138. The molecule has 174 valence electrons. The fraction of sp³-hybridized carbons (Fsp3) is 0.333. The maximum atomic E-state index is 15.3. The van der Waals surface area contributed by atoms with Crippen LogP contribution in [0.15, 0.2) is 42.9 Å². The van der Waals surface area contributed by atoms with Gasteiger partial charge in [0.05, 0.1) is 23.3 Å². The first kappa shape index (κ1) is 20.8. The largest absolute Gasteiger partial charge is 0.387 e. The molecule has 2 bridgehead atoms. The molecule has 0 saturated carbocycles. The van der Waals surface area contributed by atoms with Gasteiger partial charge in [0, 0.05) is 41.5 Å². The van der Waals surface area contributed by atoms with Gasteiger partial charge in [0.25, 0.3) is 0 Å². The van der Waals surface area contributed by atoms with Gasteiger partial charge in [0.2, 0.25) is 5.91 Å². The van der Waals surface area contributed by atoms with Gasteiger partial charge in [-0.05, 0) is 43.9 Å². The molecule has 0 aromatic carbocycles. The third kappa shape index (κ3) is 3.17. The lowest BCUT2D eigenvalue weighted by atomic mass is 9.87. The number of aromatic nitrogens is 5. The number of hydrogen-bond donors (Lipinski definition) is 3. The molecule has 4 N–H and O–H groups in total. The highest BCUT2D eigenvalue weighted by Crippen LogP contribution is 2.44. The molecular weight excluding hydrogens is 437 g/mol. The van der Waals surface area contributed by atoms with Crippen LogP contribution in [0.5, 0.6) is 0 Å². The van der Waals surface area contributed by atoms with Gasteiger partial charge in [-0.2, -0.15) is 9.61 Å². The van der Waals surface area contributed by atoms with Gasteiger partial charge in [-0.1, -0.05) is 6.07 Å². The van der Waals surface area contributed by atoms with Gasteiger partial charge >= 0.3 is 0 Å². The number of nitrogens with zero attached hydrogens (tertiary/aromatic N) is 5. The van der Waals surface area contributed by atoms with Crippen LogP contribution < -0.4 is 5.73 Å². The minimum absolute atomic E-state index is 0.0174. The van der Waals surface area contributed by atoms with Gasteiger partial charge in [-0.3, -0.25) is 9.78 Å². The van der Waals surface area contributed by atoms with E-state index in [1.54, 1.807) is 17.3 Å². The van der Waals surface area contributed by atoms with Crippen molar-refractivity contribution in [2.45, 2.75) is 43.7 Å². The van der Waals surface area contributed by atoms with Crippen LogP contribution in [0.2, 0.25) is 0 Å². The number of fused-ring (bicyclic) bond motifs is 3. The quantitative estimate of drug-likeness (QED) is 0.429. The van der Waals surface area contributed by atoms with Crippen molar-refractivity contribution in [3.05, 3.63) is 54.4 Å². The number of aliphatic hydroxyl groups excluding tert-OH is 1. The van der Waals surface area contributed by atoms with Crippen molar-refractivity contribution in [3.63, 3.8) is 0 Å². The second-order valence-electron chi connectivity index (χ2n) is 9.02. The van der Waals surface area contributed by atoms with Crippen LogP contribution in [0.3, 0.4) is 0 Å². The van der Waals surface area contributed by atoms with E-state index in [0.29, 0.717) is 29.7 Å². The molecule has 1 amide bonds. The van der Waals surface area contributed by atoms with Crippen molar-refractivity contribution in [3.8, 4) is 22.5 Å². The minimum atomic E-state index is -0.561. The molecule has 2 atom stereocenters. The van der Waals surface area contributed by atoms with E-state index in [4.69, 9.17) is 10.7 Å². The average Bonchev–Trinajstić information content (AvgIpc) is 3.59. The van der Waals surface area contributed by atoms with E-state index in [0.717, 1.165) is 29.8 Å². The Bertz CT molecular complexity index is 1350. The van der Waals surface area contributed by atoms with Gasteiger partial charge < -0.3 is 20.7 Å². The number of aromatic amines is 1. The lowest BCUT2D eigenvalue weighted by Crippen LogP contribution is -2.47. The number of halogens is 1. The molecule has 4 aromatic rings. The highest BCUT2D eigenvalue weighted by Gasteiger charge is 2.44. The molecule has 2 unspecified atom stereocenters. The first-order valence-corrected chi connectivity index (χ1v) is 11.4. The van der Waals surface area contributed by atoms with E-state index in [1.165, 1.54) is 4.52 Å². The number of aliphatic hydroxyl groups is 1. The number of anilines is 1. The number of nitrogens with one attached hydrogen (secondary N) is 1. The summed E-state index contributed by atoms with van der Waals surface area (Å²) >= 11 is 0. The zero-order valence-corrected chi connectivity index (χ0v) is 18.4. The Labute approximate surface area is 194 Å². The van der Waals surface area contributed by atoms with Crippen molar-refractivity contribution in [1.82, 2.24) is 29.5 Å². The molecule has 9 nitrogen and oxygen atoms in total. The Morgan fingerprint density at radius 1 is 1.21 bits per heavy atom. The molecule has 2 aliphatic rings. The average molecular weight is 462 g/mol. The summed E-state index contributed by atoms with van der Waals surface area (Å²) in [5.41, 5.74) is 10.2. The van der Waals surface area contributed by atoms with Crippen LogP contribution in [0.25, 0.3) is 28.2 Å². The first-order chi connectivity index (χ1) is 16.5. The molecule has 0 aliphatic carbocycles. The summed E-state index contributed by atoms with van der Waals surface area (Å²) in [4.78, 5) is 26.3. The standard InChI is InChI=1S/C24H24FN7O2/c25-21-22(14-8-15-4-5-16(9-14)31(15)20(34)12-33)30-24-17(11-29-32(24)23(21)26)13-3-6-19(28-10-13)18-2-1-7-27-18/h1-3,6-7,10-11,14-16,27,33H,4-5,8-9,12,26H2. The number of pyridine rings is 1. The number of hydrogen-bond acceptors (Lipinski definition) is 6. The highest BCUT2D eigenvalue weighted by molar-refractivity contribution is 5.79. The van der Waals surface area contributed by atoms with Gasteiger partial charge in [0.15, 0.2) is 17.3 Å². The first-order valence-electron chi connectivity index (χ1n) is 11.4.